The normalized spacial score (nSPS) is 15.2. The lowest BCUT2D eigenvalue weighted by Crippen LogP contribution is -2.18. The van der Waals surface area contributed by atoms with Gasteiger partial charge in [0.1, 0.15) is 11.4 Å². The minimum Gasteiger partial charge on any atom is -0.493 e. The predicted molar refractivity (Wildman–Crippen MR) is 88.7 cm³/mol. The minimum absolute atomic E-state index is 0.129. The molecule has 1 N–H and O–H groups in total. The van der Waals surface area contributed by atoms with Crippen LogP contribution in [0.4, 0.5) is 11.4 Å². The second kappa shape index (κ2) is 8.50. The lowest BCUT2D eigenvalue weighted by Gasteiger charge is -2.20. The molecule has 0 spiro atoms. The summed E-state index contributed by atoms with van der Waals surface area (Å²) in [4.78, 5) is 22.9. The van der Waals surface area contributed by atoms with Crippen molar-refractivity contribution in [3.8, 4) is 5.75 Å². The van der Waals surface area contributed by atoms with Gasteiger partial charge in [-0.15, -0.1) is 0 Å². The van der Waals surface area contributed by atoms with Gasteiger partial charge >= 0.3 is 0 Å². The van der Waals surface area contributed by atoms with Gasteiger partial charge in [-0.3, -0.25) is 14.9 Å². The Bertz CT molecular complexity index is 554. The van der Waals surface area contributed by atoms with Crippen LogP contribution in [0.1, 0.15) is 51.9 Å². The third-order valence-corrected chi connectivity index (χ3v) is 4.11. The van der Waals surface area contributed by atoms with Crippen LogP contribution in [0.5, 0.6) is 5.75 Å². The first-order valence-corrected chi connectivity index (χ1v) is 8.31. The van der Waals surface area contributed by atoms with Gasteiger partial charge in [0, 0.05) is 6.42 Å². The Kier molecular flexibility index (Phi) is 6.38. The van der Waals surface area contributed by atoms with Crippen molar-refractivity contribution in [2.45, 2.75) is 51.9 Å². The van der Waals surface area contributed by atoms with Gasteiger partial charge in [0.25, 0.3) is 5.69 Å². The van der Waals surface area contributed by atoms with E-state index in [1.165, 1.54) is 25.3 Å². The summed E-state index contributed by atoms with van der Waals surface area (Å²) in [6.45, 7) is 2.47. The number of hydrogen-bond donors (Lipinski definition) is 1. The molecule has 1 aromatic carbocycles. The molecule has 0 atom stereocenters. The van der Waals surface area contributed by atoms with Gasteiger partial charge in [-0.25, -0.2) is 0 Å². The minimum atomic E-state index is -0.491. The fraction of sp³-hybridized carbons (Fsp3) is 0.588. The zero-order valence-electron chi connectivity index (χ0n) is 13.5. The van der Waals surface area contributed by atoms with Crippen molar-refractivity contribution >= 4 is 17.3 Å². The highest BCUT2D eigenvalue weighted by Gasteiger charge is 2.20. The molecular formula is C17H24N2O4. The fourth-order valence-electron chi connectivity index (χ4n) is 2.93. The van der Waals surface area contributed by atoms with Crippen molar-refractivity contribution in [2.75, 3.05) is 11.9 Å². The number of carbonyl (C=O) groups excluding carboxylic acids is 1. The summed E-state index contributed by atoms with van der Waals surface area (Å²) in [5, 5.41) is 13.9. The number of hydrogen-bond acceptors (Lipinski definition) is 4. The first-order valence-electron chi connectivity index (χ1n) is 8.31. The predicted octanol–water partition coefficient (Wildman–Crippen LogP) is 4.29. The summed E-state index contributed by atoms with van der Waals surface area (Å²) >= 11 is 0. The van der Waals surface area contributed by atoms with Crippen molar-refractivity contribution < 1.29 is 14.5 Å². The standard InChI is InChI=1S/C17H24N2O4/c1-2-10-23-14-8-9-15(16(12-14)19(21)22)18-17(20)11-13-6-4-3-5-7-13/h8-9,12-13H,2-7,10-11H2,1H3,(H,18,20). The van der Waals surface area contributed by atoms with Crippen molar-refractivity contribution in [1.82, 2.24) is 0 Å². The van der Waals surface area contributed by atoms with Gasteiger partial charge in [-0.2, -0.15) is 0 Å². The number of carbonyl (C=O) groups is 1. The Morgan fingerprint density at radius 1 is 1.35 bits per heavy atom. The van der Waals surface area contributed by atoms with E-state index in [4.69, 9.17) is 4.74 Å². The van der Waals surface area contributed by atoms with E-state index in [0.29, 0.717) is 24.7 Å². The van der Waals surface area contributed by atoms with Gasteiger partial charge in [-0.1, -0.05) is 26.2 Å². The zero-order chi connectivity index (χ0) is 16.7. The topological polar surface area (TPSA) is 81.5 Å². The van der Waals surface area contributed by atoms with Crippen molar-refractivity contribution in [3.05, 3.63) is 28.3 Å². The molecular weight excluding hydrogens is 296 g/mol. The first kappa shape index (κ1) is 17.2. The smallest absolute Gasteiger partial charge is 0.296 e. The summed E-state index contributed by atoms with van der Waals surface area (Å²) in [7, 11) is 0. The van der Waals surface area contributed by atoms with Crippen LogP contribution in [0.2, 0.25) is 0 Å². The number of anilines is 1. The Balaban J connectivity index is 2.02. The Morgan fingerprint density at radius 2 is 2.09 bits per heavy atom. The molecule has 0 heterocycles. The third-order valence-electron chi connectivity index (χ3n) is 4.11. The molecule has 1 fully saturated rings. The lowest BCUT2D eigenvalue weighted by molar-refractivity contribution is -0.384. The number of nitro groups is 1. The van der Waals surface area contributed by atoms with Crippen molar-refractivity contribution in [3.63, 3.8) is 0 Å². The highest BCUT2D eigenvalue weighted by molar-refractivity contribution is 5.93. The van der Waals surface area contributed by atoms with Crippen LogP contribution in [0.3, 0.4) is 0 Å². The van der Waals surface area contributed by atoms with Crippen LogP contribution in [0.15, 0.2) is 18.2 Å². The van der Waals surface area contributed by atoms with Crippen LogP contribution >= 0.6 is 0 Å². The number of ether oxygens (including phenoxy) is 1. The maximum absolute atomic E-state index is 12.1. The molecule has 1 aromatic rings. The number of nitro benzene ring substituents is 1. The Hall–Kier alpha value is -2.11. The van der Waals surface area contributed by atoms with E-state index in [9.17, 15) is 14.9 Å². The Labute approximate surface area is 136 Å². The molecule has 23 heavy (non-hydrogen) atoms. The van der Waals surface area contributed by atoms with Crippen LogP contribution in [0.25, 0.3) is 0 Å². The second-order valence-corrected chi connectivity index (χ2v) is 6.04. The number of amides is 1. The molecule has 1 saturated carbocycles. The molecule has 1 amide bonds. The summed E-state index contributed by atoms with van der Waals surface area (Å²) < 4.78 is 5.41. The molecule has 1 aliphatic rings. The van der Waals surface area contributed by atoms with E-state index in [-0.39, 0.29) is 17.3 Å². The summed E-state index contributed by atoms with van der Waals surface area (Å²) in [5.41, 5.74) is 0.107. The molecule has 0 aromatic heterocycles. The highest BCUT2D eigenvalue weighted by Crippen LogP contribution is 2.31. The maximum Gasteiger partial charge on any atom is 0.296 e. The number of rotatable bonds is 7. The quantitative estimate of drug-likeness (QED) is 0.600. The monoisotopic (exact) mass is 320 g/mol. The van der Waals surface area contributed by atoms with E-state index in [2.05, 4.69) is 5.32 Å². The number of nitrogens with zero attached hydrogens (tertiary/aromatic N) is 1. The van der Waals surface area contributed by atoms with Gasteiger partial charge in [0.05, 0.1) is 17.6 Å². The molecule has 0 saturated heterocycles. The van der Waals surface area contributed by atoms with Crippen molar-refractivity contribution in [2.24, 2.45) is 5.92 Å². The second-order valence-electron chi connectivity index (χ2n) is 6.04. The average Bonchev–Trinajstić information content (AvgIpc) is 2.54. The van der Waals surface area contributed by atoms with E-state index in [0.717, 1.165) is 19.3 Å². The molecule has 1 aliphatic carbocycles. The summed E-state index contributed by atoms with van der Waals surface area (Å²) in [6, 6.07) is 4.56. The number of nitrogens with one attached hydrogen (secondary N) is 1. The molecule has 0 aliphatic heterocycles. The molecule has 126 valence electrons. The fourth-order valence-corrected chi connectivity index (χ4v) is 2.93. The van der Waals surface area contributed by atoms with Gasteiger partial charge in [0.2, 0.25) is 5.91 Å². The largest absolute Gasteiger partial charge is 0.493 e. The number of benzene rings is 1. The summed E-state index contributed by atoms with van der Waals surface area (Å²) in [6.07, 6.45) is 6.98. The molecule has 0 unspecified atom stereocenters. The van der Waals surface area contributed by atoms with Crippen LogP contribution in [0, 0.1) is 16.0 Å². The van der Waals surface area contributed by atoms with E-state index in [1.54, 1.807) is 12.1 Å². The van der Waals surface area contributed by atoms with Crippen LogP contribution in [-0.2, 0) is 4.79 Å². The van der Waals surface area contributed by atoms with Gasteiger partial charge in [-0.05, 0) is 37.3 Å². The van der Waals surface area contributed by atoms with E-state index in [1.807, 2.05) is 6.92 Å². The molecule has 6 nitrogen and oxygen atoms in total. The van der Waals surface area contributed by atoms with E-state index >= 15 is 0 Å². The van der Waals surface area contributed by atoms with Gasteiger partial charge < -0.3 is 10.1 Å². The first-order chi connectivity index (χ1) is 11.1. The molecule has 0 radical (unpaired) electrons. The maximum atomic E-state index is 12.1. The SMILES string of the molecule is CCCOc1ccc(NC(=O)CC2CCCCC2)c([N+](=O)[O-])c1. The highest BCUT2D eigenvalue weighted by atomic mass is 16.6. The Morgan fingerprint density at radius 3 is 2.74 bits per heavy atom. The van der Waals surface area contributed by atoms with Crippen LogP contribution in [-0.4, -0.2) is 17.4 Å². The molecule has 0 bridgehead atoms. The van der Waals surface area contributed by atoms with Crippen LogP contribution < -0.4 is 10.1 Å². The van der Waals surface area contributed by atoms with Crippen molar-refractivity contribution in [1.29, 1.82) is 0 Å². The third kappa shape index (κ3) is 5.23. The van der Waals surface area contributed by atoms with Gasteiger partial charge in [0.15, 0.2) is 0 Å². The lowest BCUT2D eigenvalue weighted by atomic mass is 9.87. The van der Waals surface area contributed by atoms with E-state index < -0.39 is 4.92 Å². The molecule has 2 rings (SSSR count). The summed E-state index contributed by atoms with van der Waals surface area (Å²) in [5.74, 6) is 0.695. The average molecular weight is 320 g/mol. The molecule has 6 heteroatoms. The zero-order valence-corrected chi connectivity index (χ0v) is 13.5.